The Kier molecular flexibility index (Phi) is 4.43. The SMILES string of the molecule is CC1(C)CSCC(CN)(NCCCC2CC2)C1. The van der Waals surface area contributed by atoms with Crippen LogP contribution in [0.4, 0.5) is 0 Å². The molecule has 17 heavy (non-hydrogen) atoms. The zero-order valence-electron chi connectivity index (χ0n) is 11.4. The molecule has 0 spiro atoms. The van der Waals surface area contributed by atoms with E-state index < -0.39 is 0 Å². The largest absolute Gasteiger partial charge is 0.329 e. The van der Waals surface area contributed by atoms with Gasteiger partial charge in [0.15, 0.2) is 0 Å². The molecule has 0 amide bonds. The van der Waals surface area contributed by atoms with Crippen molar-refractivity contribution in [3.05, 3.63) is 0 Å². The lowest BCUT2D eigenvalue weighted by Gasteiger charge is -2.44. The Labute approximate surface area is 110 Å². The molecule has 1 heterocycles. The molecule has 3 N–H and O–H groups in total. The summed E-state index contributed by atoms with van der Waals surface area (Å²) in [6, 6.07) is 0. The summed E-state index contributed by atoms with van der Waals surface area (Å²) in [6.07, 6.45) is 6.93. The third kappa shape index (κ3) is 4.15. The van der Waals surface area contributed by atoms with Gasteiger partial charge in [-0.05, 0) is 42.9 Å². The maximum atomic E-state index is 6.04. The molecular weight excluding hydrogens is 228 g/mol. The summed E-state index contributed by atoms with van der Waals surface area (Å²) in [4.78, 5) is 0. The van der Waals surface area contributed by atoms with Crippen LogP contribution in [0.2, 0.25) is 0 Å². The van der Waals surface area contributed by atoms with E-state index in [1.807, 2.05) is 0 Å². The molecule has 0 aromatic heterocycles. The first kappa shape index (κ1) is 13.7. The first-order chi connectivity index (χ1) is 8.05. The van der Waals surface area contributed by atoms with Crippen molar-refractivity contribution in [2.75, 3.05) is 24.6 Å². The molecule has 1 aliphatic heterocycles. The van der Waals surface area contributed by atoms with Crippen LogP contribution in [-0.2, 0) is 0 Å². The van der Waals surface area contributed by atoms with Gasteiger partial charge in [0.05, 0.1) is 0 Å². The number of hydrogen-bond acceptors (Lipinski definition) is 3. The maximum Gasteiger partial charge on any atom is 0.0400 e. The van der Waals surface area contributed by atoms with Crippen LogP contribution in [0.5, 0.6) is 0 Å². The van der Waals surface area contributed by atoms with Gasteiger partial charge in [-0.2, -0.15) is 11.8 Å². The van der Waals surface area contributed by atoms with Gasteiger partial charge in [-0.25, -0.2) is 0 Å². The number of rotatable bonds is 6. The van der Waals surface area contributed by atoms with Gasteiger partial charge in [0.1, 0.15) is 0 Å². The molecule has 100 valence electrons. The van der Waals surface area contributed by atoms with E-state index in [1.54, 1.807) is 0 Å². The van der Waals surface area contributed by atoms with Crippen molar-refractivity contribution in [1.29, 1.82) is 0 Å². The van der Waals surface area contributed by atoms with E-state index in [0.29, 0.717) is 5.41 Å². The molecule has 1 aliphatic carbocycles. The minimum Gasteiger partial charge on any atom is -0.329 e. The van der Waals surface area contributed by atoms with Crippen LogP contribution in [0, 0.1) is 11.3 Å². The predicted octanol–water partition coefficient (Wildman–Crippen LogP) is 2.63. The zero-order chi connectivity index (χ0) is 12.4. The van der Waals surface area contributed by atoms with Gasteiger partial charge >= 0.3 is 0 Å². The van der Waals surface area contributed by atoms with Gasteiger partial charge in [-0.1, -0.05) is 26.7 Å². The highest BCUT2D eigenvalue weighted by molar-refractivity contribution is 7.99. The van der Waals surface area contributed by atoms with Crippen LogP contribution < -0.4 is 11.1 Å². The van der Waals surface area contributed by atoms with Crippen LogP contribution >= 0.6 is 11.8 Å². The summed E-state index contributed by atoms with van der Waals surface area (Å²) >= 11 is 2.07. The Balaban J connectivity index is 1.76. The second kappa shape index (κ2) is 5.50. The number of nitrogens with one attached hydrogen (secondary N) is 1. The summed E-state index contributed by atoms with van der Waals surface area (Å²) in [6.45, 7) is 6.68. The lowest BCUT2D eigenvalue weighted by molar-refractivity contribution is 0.227. The highest BCUT2D eigenvalue weighted by Gasteiger charge is 2.39. The molecule has 0 bridgehead atoms. The van der Waals surface area contributed by atoms with E-state index >= 15 is 0 Å². The van der Waals surface area contributed by atoms with E-state index in [9.17, 15) is 0 Å². The van der Waals surface area contributed by atoms with Crippen molar-refractivity contribution in [2.24, 2.45) is 17.1 Å². The normalized spacial score (nSPS) is 32.6. The molecule has 2 nitrogen and oxygen atoms in total. The molecule has 2 aliphatic rings. The molecule has 3 heteroatoms. The fourth-order valence-corrected chi connectivity index (χ4v) is 4.48. The van der Waals surface area contributed by atoms with E-state index in [-0.39, 0.29) is 5.54 Å². The van der Waals surface area contributed by atoms with Crippen LogP contribution in [0.15, 0.2) is 0 Å². The summed E-state index contributed by atoms with van der Waals surface area (Å²) in [7, 11) is 0. The zero-order valence-corrected chi connectivity index (χ0v) is 12.2. The summed E-state index contributed by atoms with van der Waals surface area (Å²) in [5.74, 6) is 3.53. The third-order valence-corrected chi connectivity index (χ3v) is 5.81. The number of hydrogen-bond donors (Lipinski definition) is 2. The van der Waals surface area contributed by atoms with Gasteiger partial charge in [-0.3, -0.25) is 0 Å². The quantitative estimate of drug-likeness (QED) is 0.718. The van der Waals surface area contributed by atoms with Gasteiger partial charge in [0, 0.05) is 17.8 Å². The molecular formula is C14H28N2S. The third-order valence-electron chi connectivity index (χ3n) is 4.06. The van der Waals surface area contributed by atoms with E-state index in [4.69, 9.17) is 5.73 Å². The van der Waals surface area contributed by atoms with E-state index in [2.05, 4.69) is 30.9 Å². The van der Waals surface area contributed by atoms with Gasteiger partial charge in [0.2, 0.25) is 0 Å². The second-order valence-electron chi connectivity index (χ2n) is 6.83. The Morgan fingerprint density at radius 2 is 2.06 bits per heavy atom. The van der Waals surface area contributed by atoms with Gasteiger partial charge in [-0.15, -0.1) is 0 Å². The van der Waals surface area contributed by atoms with Crippen molar-refractivity contribution in [3.8, 4) is 0 Å². The lowest BCUT2D eigenvalue weighted by atomic mass is 9.79. The second-order valence-corrected chi connectivity index (χ2v) is 7.82. The lowest BCUT2D eigenvalue weighted by Crippen LogP contribution is -2.58. The van der Waals surface area contributed by atoms with E-state index in [1.165, 1.54) is 43.6 Å². The minimum atomic E-state index is 0.204. The highest BCUT2D eigenvalue weighted by Crippen LogP contribution is 2.39. The first-order valence-corrected chi connectivity index (χ1v) is 8.24. The molecule has 1 saturated carbocycles. The molecule has 0 aromatic carbocycles. The topological polar surface area (TPSA) is 38.0 Å². The van der Waals surface area contributed by atoms with Crippen molar-refractivity contribution in [2.45, 2.75) is 51.5 Å². The monoisotopic (exact) mass is 256 g/mol. The van der Waals surface area contributed by atoms with Crippen LogP contribution in [0.1, 0.15) is 46.0 Å². The molecule has 1 atom stereocenters. The number of nitrogens with two attached hydrogens (primary N) is 1. The minimum absolute atomic E-state index is 0.204. The van der Waals surface area contributed by atoms with Gasteiger partial charge < -0.3 is 11.1 Å². The van der Waals surface area contributed by atoms with Crippen molar-refractivity contribution in [3.63, 3.8) is 0 Å². The fourth-order valence-electron chi connectivity index (χ4n) is 3.01. The Morgan fingerprint density at radius 1 is 1.29 bits per heavy atom. The molecule has 0 radical (unpaired) electrons. The number of thioether (sulfide) groups is 1. The summed E-state index contributed by atoms with van der Waals surface area (Å²) in [5, 5.41) is 3.78. The van der Waals surface area contributed by atoms with Crippen LogP contribution in [-0.4, -0.2) is 30.1 Å². The van der Waals surface area contributed by atoms with Crippen molar-refractivity contribution < 1.29 is 0 Å². The Hall–Kier alpha value is 0.270. The Morgan fingerprint density at radius 3 is 2.65 bits per heavy atom. The fraction of sp³-hybridized carbons (Fsp3) is 1.00. The van der Waals surface area contributed by atoms with Gasteiger partial charge in [0.25, 0.3) is 0 Å². The average Bonchev–Trinajstić information content (AvgIpc) is 3.07. The summed E-state index contributed by atoms with van der Waals surface area (Å²) in [5.41, 5.74) is 6.68. The predicted molar refractivity (Wildman–Crippen MR) is 77.5 cm³/mol. The van der Waals surface area contributed by atoms with Crippen molar-refractivity contribution in [1.82, 2.24) is 5.32 Å². The molecule has 0 aromatic rings. The molecule has 2 rings (SSSR count). The molecule has 2 fully saturated rings. The Bertz CT molecular complexity index is 251. The van der Waals surface area contributed by atoms with Crippen LogP contribution in [0.3, 0.4) is 0 Å². The van der Waals surface area contributed by atoms with Crippen molar-refractivity contribution >= 4 is 11.8 Å². The summed E-state index contributed by atoms with van der Waals surface area (Å²) < 4.78 is 0. The smallest absolute Gasteiger partial charge is 0.0400 e. The maximum absolute atomic E-state index is 6.04. The van der Waals surface area contributed by atoms with E-state index in [0.717, 1.165) is 19.0 Å². The highest BCUT2D eigenvalue weighted by atomic mass is 32.2. The molecule has 1 unspecified atom stereocenters. The first-order valence-electron chi connectivity index (χ1n) is 7.08. The average molecular weight is 256 g/mol. The standard InChI is InChI=1S/C14H28N2S/c1-13(2)8-14(9-15,11-17-10-13)16-7-3-4-12-5-6-12/h12,16H,3-11,15H2,1-2H3. The van der Waals surface area contributed by atoms with Crippen LogP contribution in [0.25, 0.3) is 0 Å². The molecule has 1 saturated heterocycles.